The standard InChI is InChI=1S/C27H31N3O6S2/c1-20-7-14-25(38(34,35)30-17-5-3-4-6-18-30)19-26(20)27(31)28-21-10-15-24(16-11-21)37(32,33)29-22-8-12-23(36-2)13-9-22/h7-16,19,29H,3-6,17-18H2,1-2H3,(H,28,31). The van der Waals surface area contributed by atoms with Gasteiger partial charge in [-0.1, -0.05) is 18.9 Å². The topological polar surface area (TPSA) is 122 Å². The van der Waals surface area contributed by atoms with Crippen LogP contribution in [0.4, 0.5) is 11.4 Å². The predicted molar refractivity (Wildman–Crippen MR) is 147 cm³/mol. The molecule has 0 unspecified atom stereocenters. The summed E-state index contributed by atoms with van der Waals surface area (Å²) < 4.78 is 61.0. The van der Waals surface area contributed by atoms with Crippen LogP contribution in [0.1, 0.15) is 41.6 Å². The maximum Gasteiger partial charge on any atom is 0.261 e. The maximum atomic E-state index is 13.2. The second-order valence-electron chi connectivity index (χ2n) is 9.11. The number of nitrogens with one attached hydrogen (secondary N) is 2. The zero-order valence-corrected chi connectivity index (χ0v) is 22.9. The molecule has 1 amide bonds. The lowest BCUT2D eigenvalue weighted by Crippen LogP contribution is -2.32. The Morgan fingerprint density at radius 1 is 0.789 bits per heavy atom. The van der Waals surface area contributed by atoms with Gasteiger partial charge in [0.25, 0.3) is 15.9 Å². The minimum absolute atomic E-state index is 0.0213. The number of sulfonamides is 2. The van der Waals surface area contributed by atoms with Gasteiger partial charge >= 0.3 is 0 Å². The van der Waals surface area contributed by atoms with Gasteiger partial charge in [0.1, 0.15) is 5.75 Å². The fourth-order valence-corrected chi connectivity index (χ4v) is 6.83. The monoisotopic (exact) mass is 557 g/mol. The van der Waals surface area contributed by atoms with Gasteiger partial charge in [0, 0.05) is 30.0 Å². The quantitative estimate of drug-likeness (QED) is 0.417. The Balaban J connectivity index is 1.48. The lowest BCUT2D eigenvalue weighted by atomic mass is 10.1. The fraction of sp³-hybridized carbons (Fsp3) is 0.296. The van der Waals surface area contributed by atoms with Crippen LogP contribution in [0.15, 0.2) is 76.5 Å². The van der Waals surface area contributed by atoms with Crippen molar-refractivity contribution in [2.45, 2.75) is 42.4 Å². The Morgan fingerprint density at radius 2 is 1.37 bits per heavy atom. The number of amides is 1. The lowest BCUT2D eigenvalue weighted by molar-refractivity contribution is 0.102. The van der Waals surface area contributed by atoms with E-state index in [1.54, 1.807) is 37.3 Å². The van der Waals surface area contributed by atoms with Crippen molar-refractivity contribution in [2.24, 2.45) is 0 Å². The molecule has 1 aliphatic heterocycles. The Morgan fingerprint density at radius 3 is 1.97 bits per heavy atom. The first-order valence-electron chi connectivity index (χ1n) is 12.3. The molecule has 1 aliphatic rings. The summed E-state index contributed by atoms with van der Waals surface area (Å²) in [6.07, 6.45) is 3.65. The van der Waals surface area contributed by atoms with Crippen LogP contribution >= 0.6 is 0 Å². The van der Waals surface area contributed by atoms with E-state index in [1.165, 1.54) is 47.8 Å². The number of ether oxygens (including phenoxy) is 1. The van der Waals surface area contributed by atoms with Gasteiger partial charge in [0.15, 0.2) is 0 Å². The van der Waals surface area contributed by atoms with E-state index in [0.717, 1.165) is 25.7 Å². The normalized spacial score (nSPS) is 14.9. The molecule has 38 heavy (non-hydrogen) atoms. The molecular formula is C27H31N3O6S2. The van der Waals surface area contributed by atoms with Crippen molar-refractivity contribution >= 4 is 37.3 Å². The van der Waals surface area contributed by atoms with Gasteiger partial charge in [-0.15, -0.1) is 0 Å². The molecule has 0 atom stereocenters. The van der Waals surface area contributed by atoms with Crippen molar-refractivity contribution in [1.29, 1.82) is 0 Å². The van der Waals surface area contributed by atoms with Gasteiger partial charge in [0.05, 0.1) is 16.9 Å². The van der Waals surface area contributed by atoms with E-state index < -0.39 is 26.0 Å². The SMILES string of the molecule is COc1ccc(NS(=O)(=O)c2ccc(NC(=O)c3cc(S(=O)(=O)N4CCCCCC4)ccc3C)cc2)cc1. The van der Waals surface area contributed by atoms with Crippen LogP contribution in [0, 0.1) is 6.92 Å². The molecule has 11 heteroatoms. The van der Waals surface area contributed by atoms with Crippen molar-refractivity contribution in [2.75, 3.05) is 30.2 Å². The summed E-state index contributed by atoms with van der Waals surface area (Å²) in [4.78, 5) is 13.2. The predicted octanol–water partition coefficient (Wildman–Crippen LogP) is 4.62. The number of methoxy groups -OCH3 is 1. The summed E-state index contributed by atoms with van der Waals surface area (Å²) >= 11 is 0. The maximum absolute atomic E-state index is 13.2. The zero-order valence-electron chi connectivity index (χ0n) is 21.3. The van der Waals surface area contributed by atoms with Crippen molar-refractivity contribution in [3.8, 4) is 5.75 Å². The molecule has 1 fully saturated rings. The van der Waals surface area contributed by atoms with Crippen LogP contribution in [0.25, 0.3) is 0 Å². The highest BCUT2D eigenvalue weighted by Gasteiger charge is 2.26. The number of carbonyl (C=O) groups is 1. The van der Waals surface area contributed by atoms with Crippen LogP contribution in [-0.2, 0) is 20.0 Å². The summed E-state index contributed by atoms with van der Waals surface area (Å²) in [6, 6.07) is 16.8. The molecule has 202 valence electrons. The highest BCUT2D eigenvalue weighted by Crippen LogP contribution is 2.24. The largest absolute Gasteiger partial charge is 0.497 e. The average Bonchev–Trinajstić information content (AvgIpc) is 3.20. The lowest BCUT2D eigenvalue weighted by Gasteiger charge is -2.20. The number of anilines is 2. The minimum atomic E-state index is -3.85. The minimum Gasteiger partial charge on any atom is -0.497 e. The molecule has 0 bridgehead atoms. The van der Waals surface area contributed by atoms with E-state index >= 15 is 0 Å². The summed E-state index contributed by atoms with van der Waals surface area (Å²) in [6.45, 7) is 2.68. The average molecular weight is 558 g/mol. The molecule has 9 nitrogen and oxygen atoms in total. The van der Waals surface area contributed by atoms with E-state index in [1.807, 2.05) is 0 Å². The molecular weight excluding hydrogens is 526 g/mol. The number of benzene rings is 3. The van der Waals surface area contributed by atoms with Crippen molar-refractivity contribution < 1.29 is 26.4 Å². The van der Waals surface area contributed by atoms with E-state index in [-0.39, 0.29) is 15.4 Å². The summed E-state index contributed by atoms with van der Waals surface area (Å²) in [7, 11) is -6.03. The highest BCUT2D eigenvalue weighted by molar-refractivity contribution is 7.92. The second-order valence-corrected chi connectivity index (χ2v) is 12.7. The summed E-state index contributed by atoms with van der Waals surface area (Å²) in [5.74, 6) is 0.121. The van der Waals surface area contributed by atoms with Gasteiger partial charge in [-0.3, -0.25) is 9.52 Å². The third kappa shape index (κ3) is 6.35. The van der Waals surface area contributed by atoms with Gasteiger partial charge in [-0.05, 0) is 86.0 Å². The van der Waals surface area contributed by atoms with Crippen LogP contribution in [0.5, 0.6) is 5.75 Å². The van der Waals surface area contributed by atoms with E-state index in [2.05, 4.69) is 10.0 Å². The molecule has 3 aromatic rings. The number of aryl methyl sites for hydroxylation is 1. The third-order valence-electron chi connectivity index (χ3n) is 6.42. The Labute approximate surface area is 223 Å². The Kier molecular flexibility index (Phi) is 8.39. The van der Waals surface area contributed by atoms with Crippen LogP contribution in [0.3, 0.4) is 0 Å². The molecule has 4 rings (SSSR count). The molecule has 2 N–H and O–H groups in total. The summed E-state index contributed by atoms with van der Waals surface area (Å²) in [5, 5.41) is 2.73. The number of nitrogens with zero attached hydrogens (tertiary/aromatic N) is 1. The fourth-order valence-electron chi connectivity index (χ4n) is 4.23. The molecule has 1 heterocycles. The van der Waals surface area contributed by atoms with Crippen LogP contribution in [0.2, 0.25) is 0 Å². The smallest absolute Gasteiger partial charge is 0.261 e. The number of carbonyl (C=O) groups excluding carboxylic acids is 1. The first kappa shape index (κ1) is 27.6. The second kappa shape index (κ2) is 11.5. The number of rotatable bonds is 8. The van der Waals surface area contributed by atoms with Crippen molar-refractivity contribution in [3.63, 3.8) is 0 Å². The molecule has 0 radical (unpaired) electrons. The van der Waals surface area contributed by atoms with Crippen molar-refractivity contribution in [3.05, 3.63) is 77.9 Å². The first-order chi connectivity index (χ1) is 18.1. The van der Waals surface area contributed by atoms with Gasteiger partial charge in [-0.2, -0.15) is 4.31 Å². The number of hydrogen-bond acceptors (Lipinski definition) is 6. The van der Waals surface area contributed by atoms with Crippen LogP contribution in [-0.4, -0.2) is 47.2 Å². The third-order valence-corrected chi connectivity index (χ3v) is 9.71. The Bertz CT molecular complexity index is 1500. The van der Waals surface area contributed by atoms with E-state index in [4.69, 9.17) is 4.74 Å². The molecule has 0 saturated carbocycles. The molecule has 0 aliphatic carbocycles. The van der Waals surface area contributed by atoms with Gasteiger partial charge in [-0.25, -0.2) is 16.8 Å². The first-order valence-corrected chi connectivity index (χ1v) is 15.2. The van der Waals surface area contributed by atoms with Gasteiger partial charge in [0.2, 0.25) is 10.0 Å². The zero-order chi connectivity index (χ0) is 27.3. The van der Waals surface area contributed by atoms with E-state index in [0.29, 0.717) is 35.8 Å². The Hall–Kier alpha value is -3.41. The van der Waals surface area contributed by atoms with Gasteiger partial charge < -0.3 is 10.1 Å². The molecule has 0 aromatic heterocycles. The highest BCUT2D eigenvalue weighted by atomic mass is 32.2. The summed E-state index contributed by atoms with van der Waals surface area (Å²) in [5.41, 5.74) is 1.62. The number of hydrogen-bond donors (Lipinski definition) is 2. The van der Waals surface area contributed by atoms with Crippen LogP contribution < -0.4 is 14.8 Å². The molecule has 0 spiro atoms. The van der Waals surface area contributed by atoms with E-state index in [9.17, 15) is 21.6 Å². The molecule has 1 saturated heterocycles. The van der Waals surface area contributed by atoms with Crippen molar-refractivity contribution in [1.82, 2.24) is 4.31 Å². The molecule has 3 aromatic carbocycles.